The van der Waals surface area contributed by atoms with Crippen LogP contribution < -0.4 is 5.73 Å². The van der Waals surface area contributed by atoms with Gasteiger partial charge in [-0.3, -0.25) is 4.79 Å². The molecule has 3 nitrogen and oxygen atoms in total. The Bertz CT molecular complexity index is 287. The minimum Gasteiger partial charge on any atom is -0.480 e. The van der Waals surface area contributed by atoms with Gasteiger partial charge in [0, 0.05) is 9.75 Å². The first-order chi connectivity index (χ1) is 5.52. The van der Waals surface area contributed by atoms with Crippen molar-refractivity contribution in [2.75, 3.05) is 0 Å². The van der Waals surface area contributed by atoms with Gasteiger partial charge in [0.05, 0.1) is 0 Å². The molecule has 1 rings (SSSR count). The summed E-state index contributed by atoms with van der Waals surface area (Å²) in [7, 11) is 0. The number of aryl methyl sites for hydroxylation is 2. The maximum Gasteiger partial charge on any atom is 0.325 e. The summed E-state index contributed by atoms with van der Waals surface area (Å²) in [5, 5.41) is 8.62. The first kappa shape index (κ1) is 9.22. The molecule has 0 bridgehead atoms. The fourth-order valence-electron chi connectivity index (χ4n) is 0.877. The van der Waals surface area contributed by atoms with Gasteiger partial charge in [-0.2, -0.15) is 0 Å². The summed E-state index contributed by atoms with van der Waals surface area (Å²) in [4.78, 5) is 12.3. The zero-order valence-electron chi connectivity index (χ0n) is 7.00. The minimum atomic E-state index is -0.976. The van der Waals surface area contributed by atoms with Crippen LogP contribution in [0.15, 0.2) is 6.07 Å². The molecule has 0 aliphatic rings. The number of carboxylic acid groups (broad SMARTS) is 1. The van der Waals surface area contributed by atoms with Crippen LogP contribution in [0.3, 0.4) is 0 Å². The summed E-state index contributed by atoms with van der Waals surface area (Å²) < 4.78 is 0. The van der Waals surface area contributed by atoms with E-state index in [1.165, 1.54) is 11.3 Å². The highest BCUT2D eigenvalue weighted by atomic mass is 32.1. The molecular weight excluding hydrogens is 174 g/mol. The van der Waals surface area contributed by atoms with Crippen molar-refractivity contribution >= 4 is 17.3 Å². The predicted octanol–water partition coefficient (Wildman–Crippen LogP) is 1.45. The zero-order valence-corrected chi connectivity index (χ0v) is 7.81. The average molecular weight is 185 g/mol. The minimum absolute atomic E-state index is 0.720. The topological polar surface area (TPSA) is 63.3 Å². The Labute approximate surface area is 74.8 Å². The van der Waals surface area contributed by atoms with Crippen molar-refractivity contribution in [2.24, 2.45) is 5.73 Å². The molecule has 66 valence electrons. The molecule has 0 radical (unpaired) electrons. The van der Waals surface area contributed by atoms with E-state index in [2.05, 4.69) is 0 Å². The first-order valence-electron chi connectivity index (χ1n) is 3.57. The molecule has 0 fully saturated rings. The number of nitrogens with two attached hydrogens (primary N) is 1. The van der Waals surface area contributed by atoms with Crippen LogP contribution in [0.4, 0.5) is 0 Å². The van der Waals surface area contributed by atoms with Gasteiger partial charge in [-0.1, -0.05) is 0 Å². The zero-order chi connectivity index (χ0) is 9.30. The van der Waals surface area contributed by atoms with Gasteiger partial charge in [0.15, 0.2) is 0 Å². The lowest BCUT2D eigenvalue weighted by Crippen LogP contribution is -2.19. The number of hydrogen-bond donors (Lipinski definition) is 2. The van der Waals surface area contributed by atoms with Crippen LogP contribution in [0.25, 0.3) is 0 Å². The van der Waals surface area contributed by atoms with E-state index in [-0.39, 0.29) is 0 Å². The second-order valence-electron chi connectivity index (χ2n) is 2.70. The van der Waals surface area contributed by atoms with E-state index in [1.807, 2.05) is 19.9 Å². The van der Waals surface area contributed by atoms with Gasteiger partial charge in [-0.25, -0.2) is 0 Å². The Morgan fingerprint density at radius 1 is 1.67 bits per heavy atom. The third-order valence-corrected chi connectivity index (χ3v) is 2.99. The molecule has 0 amide bonds. The number of carbonyl (C=O) groups is 1. The molecule has 0 aromatic carbocycles. The van der Waals surface area contributed by atoms with Crippen LogP contribution in [0.1, 0.15) is 21.4 Å². The summed E-state index contributed by atoms with van der Waals surface area (Å²) in [6, 6.07) is 0.959. The number of carboxylic acids is 1. The van der Waals surface area contributed by atoms with Crippen molar-refractivity contribution < 1.29 is 9.90 Å². The maximum absolute atomic E-state index is 10.5. The predicted molar refractivity (Wildman–Crippen MR) is 48.4 cm³/mol. The van der Waals surface area contributed by atoms with Crippen LogP contribution in [0.5, 0.6) is 0 Å². The lowest BCUT2D eigenvalue weighted by molar-refractivity contribution is -0.138. The molecule has 1 heterocycles. The molecule has 1 aromatic heterocycles. The molecular formula is C8H11NO2S. The summed E-state index contributed by atoms with van der Waals surface area (Å²) in [5.74, 6) is -0.976. The SMILES string of the molecule is Cc1cc([C@@H](N)C(=O)O)sc1C. The second kappa shape index (κ2) is 3.25. The van der Waals surface area contributed by atoms with E-state index in [0.29, 0.717) is 0 Å². The third kappa shape index (κ3) is 1.65. The molecule has 1 aromatic rings. The van der Waals surface area contributed by atoms with Crippen molar-refractivity contribution in [1.82, 2.24) is 0 Å². The highest BCUT2D eigenvalue weighted by Crippen LogP contribution is 2.25. The second-order valence-corrected chi connectivity index (χ2v) is 3.99. The first-order valence-corrected chi connectivity index (χ1v) is 4.39. The van der Waals surface area contributed by atoms with Crippen LogP contribution in [0, 0.1) is 13.8 Å². The van der Waals surface area contributed by atoms with E-state index < -0.39 is 12.0 Å². The fraction of sp³-hybridized carbons (Fsp3) is 0.375. The molecule has 1 atom stereocenters. The van der Waals surface area contributed by atoms with E-state index in [9.17, 15) is 4.79 Å². The summed E-state index contributed by atoms with van der Waals surface area (Å²) in [6.45, 7) is 3.90. The maximum atomic E-state index is 10.5. The molecule has 3 N–H and O–H groups in total. The number of aliphatic carboxylic acids is 1. The van der Waals surface area contributed by atoms with Gasteiger partial charge in [0.2, 0.25) is 0 Å². The van der Waals surface area contributed by atoms with Gasteiger partial charge in [0.25, 0.3) is 0 Å². The molecule has 0 unspecified atom stereocenters. The van der Waals surface area contributed by atoms with Gasteiger partial charge >= 0.3 is 5.97 Å². The molecule has 0 saturated carbocycles. The van der Waals surface area contributed by atoms with E-state index >= 15 is 0 Å². The van der Waals surface area contributed by atoms with Gasteiger partial charge in [0.1, 0.15) is 6.04 Å². The van der Waals surface area contributed by atoms with Crippen molar-refractivity contribution in [2.45, 2.75) is 19.9 Å². The lowest BCUT2D eigenvalue weighted by atomic mass is 10.2. The quantitative estimate of drug-likeness (QED) is 0.733. The number of thiophene rings is 1. The van der Waals surface area contributed by atoms with Gasteiger partial charge in [-0.15, -0.1) is 11.3 Å². The van der Waals surface area contributed by atoms with Crippen LogP contribution in [-0.2, 0) is 4.79 Å². The Hall–Kier alpha value is -0.870. The van der Waals surface area contributed by atoms with E-state index in [1.54, 1.807) is 0 Å². The van der Waals surface area contributed by atoms with E-state index in [4.69, 9.17) is 10.8 Å². The normalized spacial score (nSPS) is 12.9. The van der Waals surface area contributed by atoms with Gasteiger partial charge < -0.3 is 10.8 Å². The Kier molecular flexibility index (Phi) is 2.49. The highest BCUT2D eigenvalue weighted by Gasteiger charge is 2.16. The highest BCUT2D eigenvalue weighted by molar-refractivity contribution is 7.12. The standard InChI is InChI=1S/C8H11NO2S/c1-4-3-6(12-5(4)2)7(9)8(10)11/h3,7H,9H2,1-2H3,(H,10,11)/t7-/m1/s1. The van der Waals surface area contributed by atoms with Gasteiger partial charge in [-0.05, 0) is 25.5 Å². The Morgan fingerprint density at radius 2 is 2.25 bits per heavy atom. The van der Waals surface area contributed by atoms with E-state index in [0.717, 1.165) is 15.3 Å². The fourth-order valence-corrected chi connectivity index (χ4v) is 1.91. The monoisotopic (exact) mass is 185 g/mol. The molecule has 0 spiro atoms. The number of hydrogen-bond acceptors (Lipinski definition) is 3. The molecule has 0 aliphatic carbocycles. The molecule has 0 saturated heterocycles. The summed E-state index contributed by atoms with van der Waals surface area (Å²) in [5.41, 5.74) is 6.53. The molecule has 0 aliphatic heterocycles. The van der Waals surface area contributed by atoms with Crippen molar-refractivity contribution in [3.8, 4) is 0 Å². The van der Waals surface area contributed by atoms with Crippen molar-refractivity contribution in [3.63, 3.8) is 0 Å². The summed E-state index contributed by atoms with van der Waals surface area (Å²) >= 11 is 1.44. The Balaban J connectivity index is 2.96. The number of rotatable bonds is 2. The smallest absolute Gasteiger partial charge is 0.325 e. The Morgan fingerprint density at radius 3 is 2.58 bits per heavy atom. The third-order valence-electron chi connectivity index (χ3n) is 1.76. The van der Waals surface area contributed by atoms with Crippen molar-refractivity contribution in [1.29, 1.82) is 0 Å². The molecule has 4 heteroatoms. The van der Waals surface area contributed by atoms with Crippen LogP contribution in [0.2, 0.25) is 0 Å². The largest absolute Gasteiger partial charge is 0.480 e. The van der Waals surface area contributed by atoms with Crippen molar-refractivity contribution in [3.05, 3.63) is 21.4 Å². The van der Waals surface area contributed by atoms with Crippen LogP contribution in [-0.4, -0.2) is 11.1 Å². The summed E-state index contributed by atoms with van der Waals surface area (Å²) in [6.07, 6.45) is 0. The average Bonchev–Trinajstić information content (AvgIpc) is 2.30. The lowest BCUT2D eigenvalue weighted by Gasteiger charge is -2.00. The molecule has 12 heavy (non-hydrogen) atoms. The van der Waals surface area contributed by atoms with Crippen LogP contribution >= 0.6 is 11.3 Å².